The average Bonchev–Trinajstić information content (AvgIpc) is 2.19. The Hall–Kier alpha value is 0.110. The molecule has 0 aliphatic carbocycles. The second kappa shape index (κ2) is 8.42. The van der Waals surface area contributed by atoms with E-state index >= 15 is 0 Å². The zero-order valence-corrected chi connectivity index (χ0v) is 10.8. The van der Waals surface area contributed by atoms with Crippen molar-refractivity contribution in [3.8, 4) is 0 Å². The Bertz CT molecular complexity index is 161. The van der Waals surface area contributed by atoms with Crippen LogP contribution in [0.1, 0.15) is 47.0 Å². The van der Waals surface area contributed by atoms with E-state index in [1.54, 1.807) is 0 Å². The minimum atomic E-state index is -0.661. The molecule has 3 atom stereocenters. The molecule has 0 amide bonds. The second-order valence-electron chi connectivity index (χ2n) is 3.76. The van der Waals surface area contributed by atoms with Gasteiger partial charge in [-0.05, 0) is 32.7 Å². The van der Waals surface area contributed by atoms with Crippen LogP contribution in [0.5, 0.6) is 0 Å². The van der Waals surface area contributed by atoms with E-state index in [1.807, 2.05) is 0 Å². The van der Waals surface area contributed by atoms with Crippen molar-refractivity contribution in [3.05, 3.63) is 0 Å². The molecule has 86 valence electrons. The molecule has 3 heteroatoms. The first-order chi connectivity index (χ1) is 6.67. The van der Waals surface area contributed by atoms with Crippen LogP contribution in [0, 0.1) is 0 Å². The molecule has 0 fully saturated rings. The van der Waals surface area contributed by atoms with E-state index in [0.29, 0.717) is 6.04 Å². The van der Waals surface area contributed by atoms with E-state index < -0.39 is 10.8 Å². The summed E-state index contributed by atoms with van der Waals surface area (Å²) in [5.74, 6) is 0.839. The van der Waals surface area contributed by atoms with E-state index in [4.69, 9.17) is 0 Å². The van der Waals surface area contributed by atoms with Gasteiger partial charge in [-0.15, -0.1) is 0 Å². The van der Waals surface area contributed by atoms with Gasteiger partial charge in [0.15, 0.2) is 0 Å². The van der Waals surface area contributed by atoms with Crippen LogP contribution in [0.3, 0.4) is 0 Å². The van der Waals surface area contributed by atoms with Crippen molar-refractivity contribution in [2.75, 3.05) is 12.3 Å². The standard InChI is InChI=1S/C11H25NOS/c1-5-8-12-11(7-3)10(4)14(13)9-6-2/h10-12H,5-9H2,1-4H3. The third-order valence-electron chi connectivity index (χ3n) is 2.48. The molecule has 0 saturated carbocycles. The van der Waals surface area contributed by atoms with Gasteiger partial charge in [-0.2, -0.15) is 0 Å². The predicted molar refractivity (Wildman–Crippen MR) is 65.1 cm³/mol. The summed E-state index contributed by atoms with van der Waals surface area (Å²) in [6.45, 7) is 9.54. The summed E-state index contributed by atoms with van der Waals surface area (Å²) in [6.07, 6.45) is 3.22. The van der Waals surface area contributed by atoms with Crippen LogP contribution in [0.2, 0.25) is 0 Å². The normalized spacial score (nSPS) is 17.7. The van der Waals surface area contributed by atoms with Gasteiger partial charge in [-0.1, -0.05) is 20.8 Å². The van der Waals surface area contributed by atoms with Gasteiger partial charge in [-0.25, -0.2) is 0 Å². The monoisotopic (exact) mass is 219 g/mol. The average molecular weight is 219 g/mol. The molecule has 0 radical (unpaired) electrons. The zero-order valence-electron chi connectivity index (χ0n) is 10.0. The SMILES string of the molecule is CCCNC(CC)C(C)S(=O)CCC. The van der Waals surface area contributed by atoms with Gasteiger partial charge in [-0.3, -0.25) is 4.21 Å². The fourth-order valence-corrected chi connectivity index (χ4v) is 2.97. The Labute approximate surface area is 91.3 Å². The van der Waals surface area contributed by atoms with Gasteiger partial charge >= 0.3 is 0 Å². The van der Waals surface area contributed by atoms with Crippen LogP contribution in [-0.4, -0.2) is 27.8 Å². The highest BCUT2D eigenvalue weighted by atomic mass is 32.2. The van der Waals surface area contributed by atoms with Crippen molar-refractivity contribution in [3.63, 3.8) is 0 Å². The zero-order chi connectivity index (χ0) is 11.0. The summed E-state index contributed by atoms with van der Waals surface area (Å²) in [4.78, 5) is 0. The number of hydrogen-bond acceptors (Lipinski definition) is 2. The topological polar surface area (TPSA) is 29.1 Å². The van der Waals surface area contributed by atoms with Crippen molar-refractivity contribution >= 4 is 10.8 Å². The van der Waals surface area contributed by atoms with Gasteiger partial charge in [0.1, 0.15) is 0 Å². The highest BCUT2D eigenvalue weighted by molar-refractivity contribution is 7.85. The van der Waals surface area contributed by atoms with Crippen LogP contribution in [0.25, 0.3) is 0 Å². The number of rotatable bonds is 8. The Kier molecular flexibility index (Phi) is 8.49. The van der Waals surface area contributed by atoms with E-state index in [1.165, 1.54) is 0 Å². The number of nitrogens with one attached hydrogen (secondary N) is 1. The quantitative estimate of drug-likeness (QED) is 0.679. The fraction of sp³-hybridized carbons (Fsp3) is 1.00. The summed E-state index contributed by atoms with van der Waals surface area (Å²) >= 11 is 0. The molecule has 0 saturated heterocycles. The van der Waals surface area contributed by atoms with E-state index in [0.717, 1.165) is 31.6 Å². The molecule has 0 rings (SSSR count). The van der Waals surface area contributed by atoms with Crippen molar-refractivity contribution in [1.29, 1.82) is 0 Å². The fourth-order valence-electron chi connectivity index (χ4n) is 1.54. The first-order valence-electron chi connectivity index (χ1n) is 5.77. The highest BCUT2D eigenvalue weighted by Crippen LogP contribution is 2.07. The molecule has 0 bridgehead atoms. The highest BCUT2D eigenvalue weighted by Gasteiger charge is 2.19. The van der Waals surface area contributed by atoms with E-state index in [-0.39, 0.29) is 5.25 Å². The largest absolute Gasteiger partial charge is 0.313 e. The third-order valence-corrected chi connectivity index (χ3v) is 4.45. The van der Waals surface area contributed by atoms with Gasteiger partial charge in [0, 0.05) is 27.8 Å². The van der Waals surface area contributed by atoms with Crippen LogP contribution in [-0.2, 0) is 10.8 Å². The molecule has 0 heterocycles. The van der Waals surface area contributed by atoms with Crippen molar-refractivity contribution < 1.29 is 4.21 Å². The molecule has 0 aliphatic rings. The Morgan fingerprint density at radius 2 is 1.86 bits per heavy atom. The smallest absolute Gasteiger partial charge is 0.0472 e. The lowest BCUT2D eigenvalue weighted by atomic mass is 10.1. The maximum atomic E-state index is 11.8. The van der Waals surface area contributed by atoms with Gasteiger partial charge in [0.05, 0.1) is 0 Å². The molecule has 2 nitrogen and oxygen atoms in total. The minimum Gasteiger partial charge on any atom is -0.313 e. The lowest BCUT2D eigenvalue weighted by Crippen LogP contribution is -2.41. The van der Waals surface area contributed by atoms with Crippen LogP contribution in [0.4, 0.5) is 0 Å². The third kappa shape index (κ3) is 5.11. The Balaban J connectivity index is 4.01. The molecule has 0 spiro atoms. The number of hydrogen-bond donors (Lipinski definition) is 1. The lowest BCUT2D eigenvalue weighted by Gasteiger charge is -2.23. The summed E-state index contributed by atoms with van der Waals surface area (Å²) < 4.78 is 11.8. The molecular formula is C11H25NOS. The molecule has 3 unspecified atom stereocenters. The first-order valence-corrected chi connectivity index (χ1v) is 7.16. The molecule has 1 N–H and O–H groups in total. The van der Waals surface area contributed by atoms with Crippen molar-refractivity contribution in [1.82, 2.24) is 5.32 Å². The lowest BCUT2D eigenvalue weighted by molar-refractivity contribution is 0.486. The molecule has 0 aromatic carbocycles. The van der Waals surface area contributed by atoms with Gasteiger partial charge < -0.3 is 5.32 Å². The molecule has 0 aromatic heterocycles. The summed E-state index contributed by atoms with van der Waals surface area (Å²) in [5, 5.41) is 3.75. The van der Waals surface area contributed by atoms with Crippen LogP contribution >= 0.6 is 0 Å². The van der Waals surface area contributed by atoms with Crippen LogP contribution in [0.15, 0.2) is 0 Å². The van der Waals surface area contributed by atoms with Crippen molar-refractivity contribution in [2.24, 2.45) is 0 Å². The second-order valence-corrected chi connectivity index (χ2v) is 5.67. The maximum Gasteiger partial charge on any atom is 0.0472 e. The predicted octanol–water partition coefficient (Wildman–Crippen LogP) is 2.31. The molecule has 0 aliphatic heterocycles. The Morgan fingerprint density at radius 3 is 2.29 bits per heavy atom. The summed E-state index contributed by atoms with van der Waals surface area (Å²) in [6, 6.07) is 0.419. The minimum absolute atomic E-state index is 0.284. The molecular weight excluding hydrogens is 194 g/mol. The van der Waals surface area contributed by atoms with E-state index in [2.05, 4.69) is 33.0 Å². The summed E-state index contributed by atoms with van der Waals surface area (Å²) in [5.41, 5.74) is 0. The maximum absolute atomic E-state index is 11.8. The van der Waals surface area contributed by atoms with Gasteiger partial charge in [0.25, 0.3) is 0 Å². The first kappa shape index (κ1) is 14.1. The Morgan fingerprint density at radius 1 is 1.21 bits per heavy atom. The molecule has 0 aromatic rings. The van der Waals surface area contributed by atoms with E-state index in [9.17, 15) is 4.21 Å². The van der Waals surface area contributed by atoms with Crippen LogP contribution < -0.4 is 5.32 Å². The summed E-state index contributed by atoms with van der Waals surface area (Å²) in [7, 11) is -0.661. The molecule has 14 heavy (non-hydrogen) atoms. The van der Waals surface area contributed by atoms with Gasteiger partial charge in [0.2, 0.25) is 0 Å². The van der Waals surface area contributed by atoms with Crippen molar-refractivity contribution in [2.45, 2.75) is 58.2 Å².